The Labute approximate surface area is 149 Å². The molecule has 138 valence electrons. The van der Waals surface area contributed by atoms with Gasteiger partial charge in [-0.25, -0.2) is 26.9 Å². The second-order valence-corrected chi connectivity index (χ2v) is 5.36. The third-order valence-corrected chi connectivity index (χ3v) is 3.50. The van der Waals surface area contributed by atoms with E-state index in [4.69, 9.17) is 0 Å². The van der Waals surface area contributed by atoms with Crippen LogP contribution in [0, 0.1) is 29.1 Å². The van der Waals surface area contributed by atoms with Gasteiger partial charge in [-0.05, 0) is 36.4 Å². The molecule has 1 heterocycles. The predicted molar refractivity (Wildman–Crippen MR) is 88.1 cm³/mol. The molecule has 3 rings (SSSR count). The highest BCUT2D eigenvalue weighted by molar-refractivity contribution is 6.04. The lowest BCUT2D eigenvalue weighted by molar-refractivity contribution is 0.102. The zero-order valence-corrected chi connectivity index (χ0v) is 13.4. The lowest BCUT2D eigenvalue weighted by atomic mass is 10.2. The van der Waals surface area contributed by atoms with Crippen LogP contribution in [0.2, 0.25) is 0 Å². The number of carbonyl (C=O) groups excluding carboxylic acids is 1. The normalized spacial score (nSPS) is 10.6. The molecule has 1 amide bonds. The first kappa shape index (κ1) is 18.3. The fourth-order valence-corrected chi connectivity index (χ4v) is 2.18. The van der Waals surface area contributed by atoms with E-state index in [0.29, 0.717) is 0 Å². The lowest BCUT2D eigenvalue weighted by Crippen LogP contribution is -2.13. The van der Waals surface area contributed by atoms with Crippen molar-refractivity contribution in [3.8, 4) is 0 Å². The minimum absolute atomic E-state index is 0.0159. The molecular formula is C18H10F5N3O. The van der Waals surface area contributed by atoms with Crippen molar-refractivity contribution in [2.75, 3.05) is 10.6 Å². The van der Waals surface area contributed by atoms with Gasteiger partial charge in [-0.3, -0.25) is 4.79 Å². The summed E-state index contributed by atoms with van der Waals surface area (Å²) < 4.78 is 66.1. The van der Waals surface area contributed by atoms with Gasteiger partial charge in [0.1, 0.15) is 5.82 Å². The maximum absolute atomic E-state index is 13.7. The molecule has 0 saturated heterocycles. The first-order chi connectivity index (χ1) is 12.8. The number of benzene rings is 2. The van der Waals surface area contributed by atoms with Crippen LogP contribution in [0.15, 0.2) is 48.7 Å². The zero-order valence-electron chi connectivity index (χ0n) is 13.4. The first-order valence-corrected chi connectivity index (χ1v) is 7.48. The molecule has 0 aliphatic carbocycles. The van der Waals surface area contributed by atoms with E-state index < -0.39 is 35.0 Å². The van der Waals surface area contributed by atoms with Crippen LogP contribution in [0.4, 0.5) is 39.1 Å². The Kier molecular flexibility index (Phi) is 5.02. The van der Waals surface area contributed by atoms with Gasteiger partial charge in [-0.2, -0.15) is 0 Å². The largest absolute Gasteiger partial charge is 0.338 e. The second kappa shape index (κ2) is 7.40. The molecule has 3 aromatic rings. The smallest absolute Gasteiger partial charge is 0.255 e. The van der Waals surface area contributed by atoms with Gasteiger partial charge in [0.25, 0.3) is 5.91 Å². The predicted octanol–water partition coefficient (Wildman–Crippen LogP) is 4.77. The number of hydrogen-bond acceptors (Lipinski definition) is 3. The summed E-state index contributed by atoms with van der Waals surface area (Å²) in [4.78, 5) is 16.1. The minimum Gasteiger partial charge on any atom is -0.338 e. The molecule has 0 atom stereocenters. The summed E-state index contributed by atoms with van der Waals surface area (Å²) in [5.74, 6) is -7.29. The molecule has 1 aromatic heterocycles. The Morgan fingerprint density at radius 3 is 2.30 bits per heavy atom. The minimum atomic E-state index is -1.65. The third-order valence-electron chi connectivity index (χ3n) is 3.50. The highest BCUT2D eigenvalue weighted by Gasteiger charge is 2.15. The van der Waals surface area contributed by atoms with Crippen LogP contribution in [0.3, 0.4) is 0 Å². The molecule has 0 aliphatic rings. The molecule has 27 heavy (non-hydrogen) atoms. The van der Waals surface area contributed by atoms with E-state index in [1.54, 1.807) is 0 Å². The number of amides is 1. The van der Waals surface area contributed by atoms with Crippen molar-refractivity contribution >= 4 is 23.1 Å². The molecular weight excluding hydrogens is 369 g/mol. The van der Waals surface area contributed by atoms with Crippen molar-refractivity contribution in [3.63, 3.8) is 0 Å². The standard InChI is InChI=1S/C18H10F5N3O/c19-11-2-1-10(8-13(11)21)25-18(27)9-5-6-24-15(7-9)26-14-4-3-12(20)16(22)17(14)23/h1-8H,(H,24,26)(H,25,27). The molecule has 0 radical (unpaired) electrons. The molecule has 0 fully saturated rings. The van der Waals surface area contributed by atoms with E-state index in [1.165, 1.54) is 24.4 Å². The number of pyridine rings is 1. The van der Waals surface area contributed by atoms with E-state index in [1.807, 2.05) is 0 Å². The molecule has 0 spiro atoms. The Hall–Kier alpha value is -3.49. The van der Waals surface area contributed by atoms with Crippen molar-refractivity contribution < 1.29 is 26.7 Å². The average Bonchev–Trinajstić information content (AvgIpc) is 2.65. The fraction of sp³-hybridized carbons (Fsp3) is 0. The lowest BCUT2D eigenvalue weighted by Gasteiger charge is -2.10. The number of nitrogens with one attached hydrogen (secondary N) is 2. The van der Waals surface area contributed by atoms with Crippen molar-refractivity contribution in [2.24, 2.45) is 0 Å². The van der Waals surface area contributed by atoms with Gasteiger partial charge in [0.15, 0.2) is 29.1 Å². The van der Waals surface area contributed by atoms with Gasteiger partial charge < -0.3 is 10.6 Å². The summed E-state index contributed by atoms with van der Waals surface area (Å²) >= 11 is 0. The van der Waals surface area contributed by atoms with Crippen LogP contribution >= 0.6 is 0 Å². The Morgan fingerprint density at radius 1 is 0.815 bits per heavy atom. The maximum Gasteiger partial charge on any atom is 0.255 e. The third kappa shape index (κ3) is 4.02. The van der Waals surface area contributed by atoms with E-state index >= 15 is 0 Å². The summed E-state index contributed by atoms with van der Waals surface area (Å²) in [6.07, 6.45) is 1.22. The van der Waals surface area contributed by atoms with Gasteiger partial charge in [-0.1, -0.05) is 0 Å². The van der Waals surface area contributed by atoms with Gasteiger partial charge >= 0.3 is 0 Å². The van der Waals surface area contributed by atoms with Crippen LogP contribution < -0.4 is 10.6 Å². The van der Waals surface area contributed by atoms with Gasteiger partial charge in [-0.15, -0.1) is 0 Å². The number of rotatable bonds is 4. The Bertz CT molecular complexity index is 1030. The Balaban J connectivity index is 1.80. The number of halogens is 5. The van der Waals surface area contributed by atoms with E-state index in [-0.39, 0.29) is 22.8 Å². The molecule has 4 nitrogen and oxygen atoms in total. The molecule has 9 heteroatoms. The molecule has 0 saturated carbocycles. The number of carbonyl (C=O) groups is 1. The highest BCUT2D eigenvalue weighted by Crippen LogP contribution is 2.23. The SMILES string of the molecule is O=C(Nc1ccc(F)c(F)c1)c1ccnc(Nc2ccc(F)c(F)c2F)c1. The number of nitrogens with zero attached hydrogens (tertiary/aromatic N) is 1. The van der Waals surface area contributed by atoms with Crippen LogP contribution in [-0.4, -0.2) is 10.9 Å². The number of anilines is 3. The van der Waals surface area contributed by atoms with E-state index in [2.05, 4.69) is 15.6 Å². The summed E-state index contributed by atoms with van der Waals surface area (Å²) in [6.45, 7) is 0. The molecule has 2 aromatic carbocycles. The molecule has 0 unspecified atom stereocenters. The van der Waals surface area contributed by atoms with Crippen molar-refractivity contribution in [1.82, 2.24) is 4.98 Å². The van der Waals surface area contributed by atoms with Crippen molar-refractivity contribution in [1.29, 1.82) is 0 Å². The number of aromatic nitrogens is 1. The maximum atomic E-state index is 13.7. The summed E-state index contributed by atoms with van der Waals surface area (Å²) in [6, 6.07) is 7.09. The average molecular weight is 379 g/mol. The molecule has 2 N–H and O–H groups in total. The van der Waals surface area contributed by atoms with Crippen LogP contribution in [0.5, 0.6) is 0 Å². The molecule has 0 aliphatic heterocycles. The Morgan fingerprint density at radius 2 is 1.56 bits per heavy atom. The topological polar surface area (TPSA) is 54.0 Å². The second-order valence-electron chi connectivity index (χ2n) is 5.36. The summed E-state index contributed by atoms with van der Waals surface area (Å²) in [7, 11) is 0. The first-order valence-electron chi connectivity index (χ1n) is 7.48. The fourth-order valence-electron chi connectivity index (χ4n) is 2.18. The summed E-state index contributed by atoms with van der Waals surface area (Å²) in [5.41, 5.74) is -0.295. The van der Waals surface area contributed by atoms with Crippen LogP contribution in [0.1, 0.15) is 10.4 Å². The van der Waals surface area contributed by atoms with Gasteiger partial charge in [0, 0.05) is 23.5 Å². The van der Waals surface area contributed by atoms with E-state index in [0.717, 1.165) is 24.3 Å². The van der Waals surface area contributed by atoms with Crippen molar-refractivity contribution in [3.05, 3.63) is 83.3 Å². The monoisotopic (exact) mass is 379 g/mol. The van der Waals surface area contributed by atoms with E-state index in [9.17, 15) is 26.7 Å². The summed E-state index contributed by atoms with van der Waals surface area (Å²) in [5, 5.41) is 4.79. The quantitative estimate of drug-likeness (QED) is 0.507. The van der Waals surface area contributed by atoms with Crippen LogP contribution in [0.25, 0.3) is 0 Å². The van der Waals surface area contributed by atoms with Crippen molar-refractivity contribution in [2.45, 2.75) is 0 Å². The number of hydrogen-bond donors (Lipinski definition) is 2. The van der Waals surface area contributed by atoms with Gasteiger partial charge in [0.05, 0.1) is 5.69 Å². The zero-order chi connectivity index (χ0) is 19.6. The van der Waals surface area contributed by atoms with Crippen LogP contribution in [-0.2, 0) is 0 Å². The van der Waals surface area contributed by atoms with Gasteiger partial charge in [0.2, 0.25) is 0 Å². The molecule has 0 bridgehead atoms. The highest BCUT2D eigenvalue weighted by atomic mass is 19.2.